The van der Waals surface area contributed by atoms with Crippen molar-refractivity contribution in [1.29, 1.82) is 0 Å². The summed E-state index contributed by atoms with van der Waals surface area (Å²) in [6.07, 6.45) is 20.7. The Balaban J connectivity index is 1.05. The fourth-order valence-electron chi connectivity index (χ4n) is 7.67. The van der Waals surface area contributed by atoms with Crippen LogP contribution < -0.4 is 11.5 Å². The second kappa shape index (κ2) is 20.1. The van der Waals surface area contributed by atoms with Gasteiger partial charge < -0.3 is 11.5 Å². The summed E-state index contributed by atoms with van der Waals surface area (Å²) in [5.74, 6) is 0.911. The molecular formula is C46H64N2. The van der Waals surface area contributed by atoms with Gasteiger partial charge in [-0.05, 0) is 121 Å². The minimum atomic E-state index is 0.456. The Morgan fingerprint density at radius 3 is 1.08 bits per heavy atom. The molecule has 4 N–H and O–H groups in total. The van der Waals surface area contributed by atoms with Gasteiger partial charge in [-0.3, -0.25) is 0 Å². The molecule has 0 saturated carbocycles. The lowest BCUT2D eigenvalue weighted by atomic mass is 9.84. The molecule has 0 radical (unpaired) electrons. The highest BCUT2D eigenvalue weighted by Gasteiger charge is 2.17. The molecule has 0 fully saturated rings. The topological polar surface area (TPSA) is 52.0 Å². The zero-order valence-electron chi connectivity index (χ0n) is 30.7. The van der Waals surface area contributed by atoms with E-state index in [0.29, 0.717) is 11.8 Å². The van der Waals surface area contributed by atoms with E-state index in [1.165, 1.54) is 147 Å². The van der Waals surface area contributed by atoms with Gasteiger partial charge in [0.05, 0.1) is 0 Å². The maximum Gasteiger partial charge on any atom is 0.0316 e. The molecule has 0 aromatic heterocycles. The molecule has 2 nitrogen and oxygen atoms in total. The monoisotopic (exact) mass is 645 g/mol. The maximum absolute atomic E-state index is 6.02. The van der Waals surface area contributed by atoms with E-state index in [4.69, 9.17) is 11.5 Å². The van der Waals surface area contributed by atoms with E-state index in [1.54, 1.807) is 0 Å². The van der Waals surface area contributed by atoms with E-state index in [2.05, 4.69) is 113 Å². The Morgan fingerprint density at radius 1 is 0.438 bits per heavy atom. The van der Waals surface area contributed by atoms with Crippen LogP contribution in [-0.4, -0.2) is 0 Å². The third-order valence-electron chi connectivity index (χ3n) is 10.4. The quantitative estimate of drug-likeness (QED) is 0.0700. The van der Waals surface area contributed by atoms with Crippen LogP contribution in [0.1, 0.15) is 160 Å². The van der Waals surface area contributed by atoms with Gasteiger partial charge in [0.2, 0.25) is 0 Å². The third-order valence-corrected chi connectivity index (χ3v) is 10.4. The van der Waals surface area contributed by atoms with Crippen molar-refractivity contribution in [2.45, 2.75) is 142 Å². The lowest BCUT2D eigenvalue weighted by molar-refractivity contribution is 0.551. The van der Waals surface area contributed by atoms with Gasteiger partial charge in [-0.25, -0.2) is 0 Å². The highest BCUT2D eigenvalue weighted by atomic mass is 14.5. The van der Waals surface area contributed by atoms with Crippen LogP contribution >= 0.6 is 0 Å². The fourth-order valence-corrected chi connectivity index (χ4v) is 7.67. The molecule has 0 bridgehead atoms. The van der Waals surface area contributed by atoms with Crippen LogP contribution in [0.4, 0.5) is 11.4 Å². The Kier molecular flexibility index (Phi) is 15.6. The number of nitrogen functional groups attached to an aromatic ring is 2. The molecule has 48 heavy (non-hydrogen) atoms. The molecule has 2 unspecified atom stereocenters. The summed E-state index contributed by atoms with van der Waals surface area (Å²) in [6.45, 7) is 8.95. The molecule has 0 saturated heterocycles. The van der Waals surface area contributed by atoms with Gasteiger partial charge in [0.15, 0.2) is 0 Å². The molecular weight excluding hydrogens is 581 g/mol. The number of rotatable bonds is 21. The van der Waals surface area contributed by atoms with E-state index in [9.17, 15) is 0 Å². The Morgan fingerprint density at radius 2 is 0.771 bits per heavy atom. The SMILES string of the molecule is CCCC(c1ccc(CCCCCCCCCCCCc2ccc(C(CCC)c3ccc(N)cc3C)cc2)cc1)c1ccc(N)cc1C. The predicted octanol–water partition coefficient (Wildman–Crippen LogP) is 13.0. The Hall–Kier alpha value is -3.52. The summed E-state index contributed by atoms with van der Waals surface area (Å²) in [7, 11) is 0. The van der Waals surface area contributed by atoms with Crippen molar-refractivity contribution >= 4 is 11.4 Å². The summed E-state index contributed by atoms with van der Waals surface area (Å²) in [5.41, 5.74) is 25.0. The number of unbranched alkanes of at least 4 members (excludes halogenated alkanes) is 9. The zero-order chi connectivity index (χ0) is 34.1. The van der Waals surface area contributed by atoms with Crippen molar-refractivity contribution in [3.05, 3.63) is 129 Å². The second-order valence-corrected chi connectivity index (χ2v) is 14.4. The van der Waals surface area contributed by atoms with Crippen LogP contribution in [0, 0.1) is 13.8 Å². The van der Waals surface area contributed by atoms with E-state index in [1.807, 2.05) is 0 Å². The van der Waals surface area contributed by atoms with Crippen molar-refractivity contribution in [1.82, 2.24) is 0 Å². The zero-order valence-corrected chi connectivity index (χ0v) is 30.7. The van der Waals surface area contributed by atoms with Crippen molar-refractivity contribution in [3.8, 4) is 0 Å². The minimum Gasteiger partial charge on any atom is -0.399 e. The van der Waals surface area contributed by atoms with Crippen LogP contribution in [0.3, 0.4) is 0 Å². The molecule has 0 spiro atoms. The van der Waals surface area contributed by atoms with Gasteiger partial charge in [0, 0.05) is 23.2 Å². The molecule has 2 heteroatoms. The highest BCUT2D eigenvalue weighted by molar-refractivity contribution is 5.49. The number of anilines is 2. The first-order valence-corrected chi connectivity index (χ1v) is 19.3. The molecule has 4 aromatic carbocycles. The smallest absolute Gasteiger partial charge is 0.0316 e. The molecule has 0 aliphatic heterocycles. The average Bonchev–Trinajstić information content (AvgIpc) is 3.08. The molecule has 0 amide bonds. The van der Waals surface area contributed by atoms with E-state index in [0.717, 1.165) is 11.4 Å². The van der Waals surface area contributed by atoms with Crippen molar-refractivity contribution in [2.75, 3.05) is 11.5 Å². The standard InChI is InChI=1S/C46H64N2/c1-5-17-45(43-31-29-41(47)33-35(43)3)39-25-21-37(22-26-39)19-15-13-11-9-7-8-10-12-14-16-20-38-23-27-40(28-24-38)46(18-6-2)44-32-30-42(48)34-36(44)4/h21-34,45-46H,5-20,47-48H2,1-4H3. The molecule has 0 aliphatic carbocycles. The molecule has 4 aromatic rings. The number of hydrogen-bond acceptors (Lipinski definition) is 2. The van der Waals surface area contributed by atoms with Crippen LogP contribution in [0.2, 0.25) is 0 Å². The van der Waals surface area contributed by atoms with Crippen molar-refractivity contribution in [3.63, 3.8) is 0 Å². The van der Waals surface area contributed by atoms with Crippen LogP contribution in [-0.2, 0) is 12.8 Å². The average molecular weight is 645 g/mol. The van der Waals surface area contributed by atoms with Crippen molar-refractivity contribution < 1.29 is 0 Å². The first-order chi connectivity index (χ1) is 23.4. The van der Waals surface area contributed by atoms with Gasteiger partial charge in [0.25, 0.3) is 0 Å². The summed E-state index contributed by atoms with van der Waals surface area (Å²) in [6, 6.07) is 31.7. The summed E-state index contributed by atoms with van der Waals surface area (Å²) in [4.78, 5) is 0. The number of benzene rings is 4. The Bertz CT molecular complexity index is 1370. The van der Waals surface area contributed by atoms with E-state index in [-0.39, 0.29) is 0 Å². The maximum atomic E-state index is 6.02. The molecule has 258 valence electrons. The summed E-state index contributed by atoms with van der Waals surface area (Å²) in [5, 5.41) is 0. The first kappa shape index (κ1) is 37.3. The largest absolute Gasteiger partial charge is 0.399 e. The van der Waals surface area contributed by atoms with Crippen LogP contribution in [0.5, 0.6) is 0 Å². The highest BCUT2D eigenvalue weighted by Crippen LogP contribution is 2.34. The number of nitrogens with two attached hydrogens (primary N) is 2. The number of hydrogen-bond donors (Lipinski definition) is 2. The predicted molar refractivity (Wildman–Crippen MR) is 211 cm³/mol. The lowest BCUT2D eigenvalue weighted by Crippen LogP contribution is -2.04. The molecule has 0 aliphatic rings. The van der Waals surface area contributed by atoms with Gasteiger partial charge >= 0.3 is 0 Å². The van der Waals surface area contributed by atoms with Gasteiger partial charge in [-0.2, -0.15) is 0 Å². The fraction of sp³-hybridized carbons (Fsp3) is 0.478. The first-order valence-electron chi connectivity index (χ1n) is 19.3. The van der Waals surface area contributed by atoms with Gasteiger partial charge in [-0.1, -0.05) is 139 Å². The van der Waals surface area contributed by atoms with Gasteiger partial charge in [0.1, 0.15) is 0 Å². The third kappa shape index (κ3) is 11.6. The van der Waals surface area contributed by atoms with Gasteiger partial charge in [-0.15, -0.1) is 0 Å². The Labute approximate surface area is 293 Å². The second-order valence-electron chi connectivity index (χ2n) is 14.4. The molecule has 0 heterocycles. The van der Waals surface area contributed by atoms with Crippen molar-refractivity contribution in [2.24, 2.45) is 0 Å². The van der Waals surface area contributed by atoms with E-state index < -0.39 is 0 Å². The van der Waals surface area contributed by atoms with E-state index >= 15 is 0 Å². The molecule has 2 atom stereocenters. The minimum absolute atomic E-state index is 0.456. The lowest BCUT2D eigenvalue weighted by Gasteiger charge is -2.20. The number of aryl methyl sites for hydroxylation is 4. The summed E-state index contributed by atoms with van der Waals surface area (Å²) >= 11 is 0. The normalized spacial score (nSPS) is 12.7. The van der Waals surface area contributed by atoms with Crippen LogP contribution in [0.15, 0.2) is 84.9 Å². The molecule has 4 rings (SSSR count). The van der Waals surface area contributed by atoms with Crippen LogP contribution in [0.25, 0.3) is 0 Å². The summed E-state index contributed by atoms with van der Waals surface area (Å²) < 4.78 is 0.